The lowest BCUT2D eigenvalue weighted by molar-refractivity contribution is 0.0603. The first kappa shape index (κ1) is 19.1. The Morgan fingerprint density at radius 2 is 1.63 bits per heavy atom. The third-order valence-electron chi connectivity index (χ3n) is 4.60. The van der Waals surface area contributed by atoms with Crippen molar-refractivity contribution in [2.45, 2.75) is 13.5 Å². The molecule has 0 aromatic heterocycles. The Labute approximate surface area is 159 Å². The van der Waals surface area contributed by atoms with E-state index in [4.69, 9.17) is 14.6 Å². The standard InChI is InChI=1S/C22H25NO4/c1-2-23(11-13-26-14-12-24)22(25)27-16-21-19-9-5-3-7-17(19)15-18-8-4-6-10-20(18)21/h3-10,15,24H,2,11-14,16H2,1H3. The van der Waals surface area contributed by atoms with Gasteiger partial charge in [0.05, 0.1) is 19.8 Å². The van der Waals surface area contributed by atoms with E-state index in [1.54, 1.807) is 4.90 Å². The summed E-state index contributed by atoms with van der Waals surface area (Å²) in [6, 6.07) is 18.5. The predicted molar refractivity (Wildman–Crippen MR) is 107 cm³/mol. The number of ether oxygens (including phenoxy) is 2. The largest absolute Gasteiger partial charge is 0.444 e. The molecule has 3 rings (SSSR count). The Morgan fingerprint density at radius 1 is 1.00 bits per heavy atom. The van der Waals surface area contributed by atoms with E-state index in [-0.39, 0.29) is 25.9 Å². The molecule has 5 heteroatoms. The summed E-state index contributed by atoms with van der Waals surface area (Å²) in [6.07, 6.45) is -0.359. The van der Waals surface area contributed by atoms with E-state index in [2.05, 4.69) is 30.3 Å². The second kappa shape index (κ2) is 9.35. The van der Waals surface area contributed by atoms with Gasteiger partial charge >= 0.3 is 6.09 Å². The molecule has 0 aliphatic carbocycles. The highest BCUT2D eigenvalue weighted by atomic mass is 16.6. The number of hydrogen-bond acceptors (Lipinski definition) is 4. The van der Waals surface area contributed by atoms with Gasteiger partial charge in [-0.05, 0) is 34.5 Å². The van der Waals surface area contributed by atoms with E-state index < -0.39 is 0 Å². The number of nitrogens with zero attached hydrogens (tertiary/aromatic N) is 1. The molecule has 5 nitrogen and oxygen atoms in total. The minimum absolute atomic E-state index is 0.0231. The van der Waals surface area contributed by atoms with Crippen LogP contribution in [0, 0.1) is 0 Å². The molecule has 0 heterocycles. The average Bonchev–Trinajstić information content (AvgIpc) is 2.71. The number of hydrogen-bond donors (Lipinski definition) is 1. The molecule has 0 aliphatic heterocycles. The SMILES string of the molecule is CCN(CCOCCO)C(=O)OCc1c2ccccc2cc2ccccc12. The van der Waals surface area contributed by atoms with Gasteiger partial charge in [0, 0.05) is 18.7 Å². The molecule has 3 aromatic rings. The fraction of sp³-hybridized carbons (Fsp3) is 0.318. The van der Waals surface area contributed by atoms with Gasteiger partial charge in [-0.15, -0.1) is 0 Å². The van der Waals surface area contributed by atoms with Crippen molar-refractivity contribution in [2.75, 3.05) is 32.9 Å². The van der Waals surface area contributed by atoms with Crippen molar-refractivity contribution in [1.29, 1.82) is 0 Å². The minimum Gasteiger partial charge on any atom is -0.444 e. The summed E-state index contributed by atoms with van der Waals surface area (Å²) < 4.78 is 10.9. The van der Waals surface area contributed by atoms with Crippen molar-refractivity contribution in [3.05, 3.63) is 60.2 Å². The molecular weight excluding hydrogens is 342 g/mol. The van der Waals surface area contributed by atoms with Crippen molar-refractivity contribution in [3.63, 3.8) is 0 Å². The quantitative estimate of drug-likeness (QED) is 0.484. The minimum atomic E-state index is -0.359. The summed E-state index contributed by atoms with van der Waals surface area (Å²) in [7, 11) is 0. The number of aliphatic hydroxyl groups is 1. The lowest BCUT2D eigenvalue weighted by atomic mass is 9.97. The normalized spacial score (nSPS) is 11.0. The van der Waals surface area contributed by atoms with Gasteiger partial charge in [-0.2, -0.15) is 0 Å². The van der Waals surface area contributed by atoms with Crippen molar-refractivity contribution >= 4 is 27.6 Å². The second-order valence-corrected chi connectivity index (χ2v) is 6.27. The van der Waals surface area contributed by atoms with Crippen LogP contribution in [-0.2, 0) is 16.1 Å². The summed E-state index contributed by atoms with van der Waals surface area (Å²) >= 11 is 0. The van der Waals surface area contributed by atoms with Gasteiger partial charge < -0.3 is 19.5 Å². The first-order valence-corrected chi connectivity index (χ1v) is 9.24. The fourth-order valence-electron chi connectivity index (χ4n) is 3.21. The van der Waals surface area contributed by atoms with Crippen LogP contribution in [0.25, 0.3) is 21.5 Å². The van der Waals surface area contributed by atoms with Crippen LogP contribution >= 0.6 is 0 Å². The summed E-state index contributed by atoms with van der Waals surface area (Å²) in [5.74, 6) is 0. The fourth-order valence-corrected chi connectivity index (χ4v) is 3.21. The van der Waals surface area contributed by atoms with Gasteiger partial charge in [0.15, 0.2) is 0 Å². The second-order valence-electron chi connectivity index (χ2n) is 6.27. The third kappa shape index (κ3) is 4.56. The highest BCUT2D eigenvalue weighted by molar-refractivity contribution is 6.02. The maximum Gasteiger partial charge on any atom is 0.410 e. The molecule has 1 amide bonds. The van der Waals surface area contributed by atoms with E-state index in [1.165, 1.54) is 0 Å². The molecule has 142 valence electrons. The van der Waals surface area contributed by atoms with Crippen LogP contribution in [0.1, 0.15) is 12.5 Å². The van der Waals surface area contributed by atoms with Crippen molar-refractivity contribution < 1.29 is 19.4 Å². The molecule has 0 fully saturated rings. The highest BCUT2D eigenvalue weighted by Gasteiger charge is 2.15. The van der Waals surface area contributed by atoms with Crippen LogP contribution in [-0.4, -0.2) is 49.0 Å². The summed E-state index contributed by atoms with van der Waals surface area (Å²) in [5, 5.41) is 13.2. The molecule has 0 radical (unpaired) electrons. The maximum atomic E-state index is 12.5. The molecule has 0 spiro atoms. The Morgan fingerprint density at radius 3 is 2.22 bits per heavy atom. The zero-order valence-corrected chi connectivity index (χ0v) is 15.6. The molecule has 0 atom stereocenters. The Balaban J connectivity index is 1.78. The topological polar surface area (TPSA) is 59.0 Å². The zero-order valence-electron chi connectivity index (χ0n) is 15.6. The number of fused-ring (bicyclic) bond motifs is 2. The number of benzene rings is 3. The molecule has 0 unspecified atom stereocenters. The van der Waals surface area contributed by atoms with E-state index >= 15 is 0 Å². The first-order chi connectivity index (χ1) is 13.2. The molecule has 0 saturated carbocycles. The number of rotatable bonds is 8. The lowest BCUT2D eigenvalue weighted by Crippen LogP contribution is -2.34. The van der Waals surface area contributed by atoms with Gasteiger partial charge in [0.1, 0.15) is 6.61 Å². The van der Waals surface area contributed by atoms with E-state index in [1.807, 2.05) is 31.2 Å². The number of likely N-dealkylation sites (N-methyl/N-ethyl adjacent to an activating group) is 1. The van der Waals surface area contributed by atoms with Crippen LogP contribution in [0.5, 0.6) is 0 Å². The summed E-state index contributed by atoms with van der Waals surface area (Å²) in [4.78, 5) is 14.1. The van der Waals surface area contributed by atoms with Crippen LogP contribution in [0.15, 0.2) is 54.6 Å². The maximum absolute atomic E-state index is 12.5. The molecule has 0 bridgehead atoms. The van der Waals surface area contributed by atoms with Crippen molar-refractivity contribution in [3.8, 4) is 0 Å². The van der Waals surface area contributed by atoms with E-state index in [0.29, 0.717) is 19.7 Å². The Kier molecular flexibility index (Phi) is 6.63. The molecule has 27 heavy (non-hydrogen) atoms. The van der Waals surface area contributed by atoms with E-state index in [0.717, 1.165) is 27.1 Å². The highest BCUT2D eigenvalue weighted by Crippen LogP contribution is 2.29. The van der Waals surface area contributed by atoms with Gasteiger partial charge in [-0.1, -0.05) is 48.5 Å². The molecule has 3 aromatic carbocycles. The Hall–Kier alpha value is -2.63. The number of carbonyl (C=O) groups excluding carboxylic acids is 1. The van der Waals surface area contributed by atoms with Gasteiger partial charge in [-0.25, -0.2) is 4.79 Å². The van der Waals surface area contributed by atoms with E-state index in [9.17, 15) is 4.79 Å². The zero-order chi connectivity index (χ0) is 19.1. The van der Waals surface area contributed by atoms with Crippen LogP contribution in [0.4, 0.5) is 4.79 Å². The number of aliphatic hydroxyl groups excluding tert-OH is 1. The number of carbonyl (C=O) groups is 1. The van der Waals surface area contributed by atoms with Gasteiger partial charge in [0.2, 0.25) is 0 Å². The van der Waals surface area contributed by atoms with Crippen LogP contribution in [0.2, 0.25) is 0 Å². The molecule has 0 saturated heterocycles. The molecule has 1 N–H and O–H groups in total. The average molecular weight is 367 g/mol. The molecular formula is C22H25NO4. The van der Waals surface area contributed by atoms with Crippen molar-refractivity contribution in [2.24, 2.45) is 0 Å². The molecule has 0 aliphatic rings. The van der Waals surface area contributed by atoms with Crippen LogP contribution in [0.3, 0.4) is 0 Å². The summed E-state index contributed by atoms with van der Waals surface area (Å²) in [6.45, 7) is 3.72. The first-order valence-electron chi connectivity index (χ1n) is 9.24. The van der Waals surface area contributed by atoms with Crippen LogP contribution < -0.4 is 0 Å². The van der Waals surface area contributed by atoms with Crippen molar-refractivity contribution in [1.82, 2.24) is 4.90 Å². The monoisotopic (exact) mass is 367 g/mol. The predicted octanol–water partition coefficient (Wildman–Crippen LogP) is 3.96. The smallest absolute Gasteiger partial charge is 0.410 e. The Bertz CT molecular complexity index is 855. The lowest BCUT2D eigenvalue weighted by Gasteiger charge is -2.21. The van der Waals surface area contributed by atoms with Gasteiger partial charge in [-0.3, -0.25) is 0 Å². The van der Waals surface area contributed by atoms with Gasteiger partial charge in [0.25, 0.3) is 0 Å². The number of amides is 1. The summed E-state index contributed by atoms with van der Waals surface area (Å²) in [5.41, 5.74) is 1.02. The third-order valence-corrected chi connectivity index (χ3v) is 4.60.